The zero-order chi connectivity index (χ0) is 26.3. The summed E-state index contributed by atoms with van der Waals surface area (Å²) in [5, 5.41) is 2.67. The molecule has 0 aliphatic rings. The summed E-state index contributed by atoms with van der Waals surface area (Å²) in [7, 11) is -2.23. The summed E-state index contributed by atoms with van der Waals surface area (Å²) in [5.74, 6) is -0.788. The number of aryl methyl sites for hydroxylation is 1. The Balaban J connectivity index is 2.00. The smallest absolute Gasteiger partial charge is 0.244 e. The van der Waals surface area contributed by atoms with E-state index in [1.165, 1.54) is 11.9 Å². The Hall–Kier alpha value is -2.92. The molecule has 0 aromatic heterocycles. The molecule has 0 spiro atoms. The summed E-state index contributed by atoms with van der Waals surface area (Å²) in [6, 6.07) is 23.2. The molecule has 1 N–H and O–H groups in total. The van der Waals surface area contributed by atoms with Crippen molar-refractivity contribution in [3.05, 3.63) is 99.1 Å². The van der Waals surface area contributed by atoms with Crippen LogP contribution >= 0.6 is 22.6 Å². The molecule has 1 unspecified atom stereocenters. The SMILES string of the molecule is CNC(=O)C(Cc1ccccc1)N(Cc1ccc(C)cc1)C(=O)CN(c1ccc(I)cc1)S(C)(=O)=O. The molecule has 0 heterocycles. The Kier molecular flexibility index (Phi) is 9.49. The van der Waals surface area contributed by atoms with E-state index < -0.39 is 28.5 Å². The van der Waals surface area contributed by atoms with Crippen LogP contribution in [0, 0.1) is 10.5 Å². The molecule has 0 saturated heterocycles. The largest absolute Gasteiger partial charge is 0.357 e. The van der Waals surface area contributed by atoms with Crippen molar-refractivity contribution in [1.29, 1.82) is 0 Å². The molecule has 0 bridgehead atoms. The van der Waals surface area contributed by atoms with E-state index in [9.17, 15) is 18.0 Å². The Morgan fingerprint density at radius 1 is 0.917 bits per heavy atom. The first-order valence-electron chi connectivity index (χ1n) is 11.4. The van der Waals surface area contributed by atoms with Gasteiger partial charge >= 0.3 is 0 Å². The van der Waals surface area contributed by atoms with Gasteiger partial charge in [0.25, 0.3) is 0 Å². The fraction of sp³-hybridized carbons (Fsp3) is 0.259. The van der Waals surface area contributed by atoms with Crippen molar-refractivity contribution in [2.24, 2.45) is 0 Å². The van der Waals surface area contributed by atoms with Gasteiger partial charge in [-0.15, -0.1) is 0 Å². The van der Waals surface area contributed by atoms with Crippen LogP contribution in [-0.4, -0.2) is 51.0 Å². The van der Waals surface area contributed by atoms with Gasteiger partial charge in [-0.1, -0.05) is 60.2 Å². The first-order valence-corrected chi connectivity index (χ1v) is 14.3. The van der Waals surface area contributed by atoms with E-state index in [1.807, 2.05) is 61.5 Å². The second kappa shape index (κ2) is 12.4. The fourth-order valence-electron chi connectivity index (χ4n) is 3.83. The highest BCUT2D eigenvalue weighted by Crippen LogP contribution is 2.21. The van der Waals surface area contributed by atoms with Crippen molar-refractivity contribution < 1.29 is 18.0 Å². The van der Waals surface area contributed by atoms with Crippen LogP contribution in [-0.2, 0) is 32.6 Å². The van der Waals surface area contributed by atoms with E-state index >= 15 is 0 Å². The van der Waals surface area contributed by atoms with Gasteiger partial charge in [-0.2, -0.15) is 0 Å². The fourth-order valence-corrected chi connectivity index (χ4v) is 5.04. The lowest BCUT2D eigenvalue weighted by molar-refractivity contribution is -0.139. The van der Waals surface area contributed by atoms with Gasteiger partial charge in [0.15, 0.2) is 0 Å². The third-order valence-electron chi connectivity index (χ3n) is 5.78. The molecule has 0 fully saturated rings. The van der Waals surface area contributed by atoms with Crippen molar-refractivity contribution >= 4 is 50.1 Å². The topological polar surface area (TPSA) is 86.8 Å². The van der Waals surface area contributed by atoms with Crippen LogP contribution in [0.25, 0.3) is 0 Å². The van der Waals surface area contributed by atoms with Crippen LogP contribution < -0.4 is 9.62 Å². The summed E-state index contributed by atoms with van der Waals surface area (Å²) < 4.78 is 27.4. The maximum Gasteiger partial charge on any atom is 0.244 e. The zero-order valence-electron chi connectivity index (χ0n) is 20.5. The Morgan fingerprint density at radius 3 is 2.08 bits per heavy atom. The summed E-state index contributed by atoms with van der Waals surface area (Å²) in [4.78, 5) is 28.3. The number of hydrogen-bond acceptors (Lipinski definition) is 4. The molecule has 190 valence electrons. The van der Waals surface area contributed by atoms with E-state index in [0.717, 1.165) is 30.8 Å². The van der Waals surface area contributed by atoms with Gasteiger partial charge in [0, 0.05) is 23.6 Å². The maximum absolute atomic E-state index is 13.8. The number of likely N-dealkylation sites (N-methyl/N-ethyl adjacent to an activating group) is 1. The number of anilines is 1. The number of benzene rings is 3. The van der Waals surface area contributed by atoms with Crippen LogP contribution in [0.4, 0.5) is 5.69 Å². The van der Waals surface area contributed by atoms with E-state index in [0.29, 0.717) is 12.1 Å². The lowest BCUT2D eigenvalue weighted by atomic mass is 10.0. The molecule has 36 heavy (non-hydrogen) atoms. The molecule has 9 heteroatoms. The minimum atomic E-state index is -3.77. The standard InChI is InChI=1S/C27H30IN3O4S/c1-20-9-11-22(12-10-20)18-30(25(27(33)29-2)17-21-7-5-4-6-8-21)26(32)19-31(36(3,34)35)24-15-13-23(28)14-16-24/h4-16,25H,17-19H2,1-3H3,(H,29,33). The molecule has 3 rings (SSSR count). The van der Waals surface area contributed by atoms with Gasteiger partial charge in [-0.05, 0) is 64.9 Å². The van der Waals surface area contributed by atoms with E-state index in [2.05, 4.69) is 27.9 Å². The van der Waals surface area contributed by atoms with Crippen LogP contribution in [0.1, 0.15) is 16.7 Å². The highest BCUT2D eigenvalue weighted by Gasteiger charge is 2.32. The number of amides is 2. The number of rotatable bonds is 10. The number of nitrogens with one attached hydrogen (secondary N) is 1. The minimum absolute atomic E-state index is 0.161. The van der Waals surface area contributed by atoms with Crippen molar-refractivity contribution in [1.82, 2.24) is 10.2 Å². The van der Waals surface area contributed by atoms with Crippen molar-refractivity contribution in [3.63, 3.8) is 0 Å². The van der Waals surface area contributed by atoms with Gasteiger partial charge in [0.05, 0.1) is 11.9 Å². The molecule has 3 aromatic carbocycles. The normalized spacial score (nSPS) is 12.0. The lowest BCUT2D eigenvalue weighted by Gasteiger charge is -2.33. The molecule has 2 amide bonds. The molecule has 0 radical (unpaired) electrons. The third kappa shape index (κ3) is 7.54. The van der Waals surface area contributed by atoms with E-state index in [4.69, 9.17) is 0 Å². The van der Waals surface area contributed by atoms with Crippen molar-refractivity contribution in [2.75, 3.05) is 24.2 Å². The number of hydrogen-bond donors (Lipinski definition) is 1. The minimum Gasteiger partial charge on any atom is -0.357 e. The Bertz CT molecular complexity index is 1280. The molecule has 0 aliphatic heterocycles. The third-order valence-corrected chi connectivity index (χ3v) is 7.64. The molecule has 1 atom stereocenters. The predicted octanol–water partition coefficient (Wildman–Crippen LogP) is 3.75. The monoisotopic (exact) mass is 619 g/mol. The summed E-state index contributed by atoms with van der Waals surface area (Å²) in [5.41, 5.74) is 3.20. The highest BCUT2D eigenvalue weighted by atomic mass is 127. The summed E-state index contributed by atoms with van der Waals surface area (Å²) in [6.45, 7) is 1.71. The van der Waals surface area contributed by atoms with Gasteiger partial charge in [-0.3, -0.25) is 13.9 Å². The first-order chi connectivity index (χ1) is 17.1. The van der Waals surface area contributed by atoms with Crippen molar-refractivity contribution in [2.45, 2.75) is 25.9 Å². The molecular weight excluding hydrogens is 589 g/mol. The van der Waals surface area contributed by atoms with Gasteiger partial charge in [0.2, 0.25) is 21.8 Å². The maximum atomic E-state index is 13.8. The van der Waals surface area contributed by atoms with Crippen molar-refractivity contribution in [3.8, 4) is 0 Å². The van der Waals surface area contributed by atoms with Crippen LogP contribution in [0.5, 0.6) is 0 Å². The second-order valence-corrected chi connectivity index (χ2v) is 11.7. The van der Waals surface area contributed by atoms with Gasteiger partial charge < -0.3 is 10.2 Å². The Labute approximate surface area is 226 Å². The summed E-state index contributed by atoms with van der Waals surface area (Å²) in [6.07, 6.45) is 1.36. The molecule has 0 aliphatic carbocycles. The predicted molar refractivity (Wildman–Crippen MR) is 151 cm³/mol. The molecular formula is C27H30IN3O4S. The van der Waals surface area contributed by atoms with E-state index in [1.54, 1.807) is 24.3 Å². The zero-order valence-corrected chi connectivity index (χ0v) is 23.5. The molecule has 0 saturated carbocycles. The number of carbonyl (C=O) groups is 2. The highest BCUT2D eigenvalue weighted by molar-refractivity contribution is 14.1. The summed E-state index contributed by atoms with van der Waals surface area (Å²) >= 11 is 2.13. The quantitative estimate of drug-likeness (QED) is 0.351. The average molecular weight is 620 g/mol. The number of nitrogens with zero attached hydrogens (tertiary/aromatic N) is 2. The molecule has 7 nitrogen and oxygen atoms in total. The Morgan fingerprint density at radius 2 is 1.53 bits per heavy atom. The van der Waals surface area contributed by atoms with Gasteiger partial charge in [-0.25, -0.2) is 8.42 Å². The van der Waals surface area contributed by atoms with Crippen LogP contribution in [0.15, 0.2) is 78.9 Å². The number of sulfonamides is 1. The number of carbonyl (C=O) groups excluding carboxylic acids is 2. The lowest BCUT2D eigenvalue weighted by Crippen LogP contribution is -2.52. The number of halogens is 1. The second-order valence-electron chi connectivity index (χ2n) is 8.57. The first kappa shape index (κ1) is 27.7. The van der Waals surface area contributed by atoms with Gasteiger partial charge in [0.1, 0.15) is 12.6 Å². The van der Waals surface area contributed by atoms with Crippen LogP contribution in [0.2, 0.25) is 0 Å². The van der Waals surface area contributed by atoms with E-state index in [-0.39, 0.29) is 12.5 Å². The average Bonchev–Trinajstić information content (AvgIpc) is 2.86. The molecule has 3 aromatic rings. The van der Waals surface area contributed by atoms with Crippen LogP contribution in [0.3, 0.4) is 0 Å².